The molecule has 0 aliphatic heterocycles. The van der Waals surface area contributed by atoms with Crippen LogP contribution >= 0.6 is 11.6 Å². The summed E-state index contributed by atoms with van der Waals surface area (Å²) in [5, 5.41) is 3.75. The highest BCUT2D eigenvalue weighted by molar-refractivity contribution is 6.32. The minimum Gasteiger partial charge on any atom is -0.487 e. The Labute approximate surface area is 119 Å². The largest absolute Gasteiger partial charge is 0.487 e. The van der Waals surface area contributed by atoms with Gasteiger partial charge in [-0.05, 0) is 42.8 Å². The molecule has 0 atom stereocenters. The van der Waals surface area contributed by atoms with Gasteiger partial charge in [0.05, 0.1) is 5.02 Å². The van der Waals surface area contributed by atoms with E-state index in [-0.39, 0.29) is 0 Å². The first-order valence-corrected chi connectivity index (χ1v) is 6.69. The zero-order chi connectivity index (χ0) is 13.7. The number of ether oxygens (including phenoxy) is 1. The number of rotatable bonds is 5. The van der Waals surface area contributed by atoms with Gasteiger partial charge in [-0.15, -0.1) is 0 Å². The molecule has 0 radical (unpaired) electrons. The van der Waals surface area contributed by atoms with E-state index < -0.39 is 0 Å². The third-order valence-electron chi connectivity index (χ3n) is 3.02. The van der Waals surface area contributed by atoms with Gasteiger partial charge in [-0.25, -0.2) is 0 Å². The highest BCUT2D eigenvalue weighted by atomic mass is 35.5. The third kappa shape index (κ3) is 3.72. The van der Waals surface area contributed by atoms with Crippen LogP contribution in [0.2, 0.25) is 5.02 Å². The van der Waals surface area contributed by atoms with Gasteiger partial charge < -0.3 is 10.1 Å². The first kappa shape index (κ1) is 13.9. The van der Waals surface area contributed by atoms with Crippen molar-refractivity contribution >= 4 is 11.6 Å². The minimum absolute atomic E-state index is 0.539. The standard InChI is InChI=1S/C16H18ClNO/c1-12-5-3-4-6-14(12)11-19-16-8-7-13(10-18-2)9-15(16)17/h3-9,18H,10-11H2,1-2H3. The van der Waals surface area contributed by atoms with Crippen LogP contribution in [0.5, 0.6) is 5.75 Å². The predicted molar refractivity (Wildman–Crippen MR) is 79.7 cm³/mol. The summed E-state index contributed by atoms with van der Waals surface area (Å²) in [5.41, 5.74) is 3.55. The zero-order valence-electron chi connectivity index (χ0n) is 11.2. The average Bonchev–Trinajstić information content (AvgIpc) is 2.40. The Morgan fingerprint density at radius 1 is 1.16 bits per heavy atom. The van der Waals surface area contributed by atoms with E-state index in [4.69, 9.17) is 16.3 Å². The lowest BCUT2D eigenvalue weighted by molar-refractivity contribution is 0.305. The van der Waals surface area contributed by atoms with Crippen molar-refractivity contribution < 1.29 is 4.74 Å². The Hall–Kier alpha value is -1.51. The van der Waals surface area contributed by atoms with Crippen LogP contribution in [-0.2, 0) is 13.2 Å². The Balaban J connectivity index is 2.06. The van der Waals surface area contributed by atoms with Crippen LogP contribution in [0, 0.1) is 6.92 Å². The fourth-order valence-electron chi connectivity index (χ4n) is 1.90. The fraction of sp³-hybridized carbons (Fsp3) is 0.250. The lowest BCUT2D eigenvalue weighted by Gasteiger charge is -2.11. The second kappa shape index (κ2) is 6.60. The summed E-state index contributed by atoms with van der Waals surface area (Å²) in [6.07, 6.45) is 0. The van der Waals surface area contributed by atoms with Gasteiger partial charge in [-0.2, -0.15) is 0 Å². The number of nitrogens with one attached hydrogen (secondary N) is 1. The van der Waals surface area contributed by atoms with E-state index in [1.165, 1.54) is 11.1 Å². The summed E-state index contributed by atoms with van der Waals surface area (Å²) >= 11 is 6.22. The molecule has 19 heavy (non-hydrogen) atoms. The van der Waals surface area contributed by atoms with Gasteiger partial charge in [-0.1, -0.05) is 41.9 Å². The van der Waals surface area contributed by atoms with Crippen molar-refractivity contribution in [3.63, 3.8) is 0 Å². The third-order valence-corrected chi connectivity index (χ3v) is 3.32. The predicted octanol–water partition coefficient (Wildman–Crippen LogP) is 3.95. The van der Waals surface area contributed by atoms with Gasteiger partial charge in [0.1, 0.15) is 12.4 Å². The van der Waals surface area contributed by atoms with Gasteiger partial charge in [0.25, 0.3) is 0 Å². The molecule has 0 unspecified atom stereocenters. The summed E-state index contributed by atoms with van der Waals surface area (Å²) in [7, 11) is 1.91. The van der Waals surface area contributed by atoms with Crippen LogP contribution in [0.15, 0.2) is 42.5 Å². The van der Waals surface area contributed by atoms with E-state index >= 15 is 0 Å². The summed E-state index contributed by atoms with van der Waals surface area (Å²) in [6, 6.07) is 14.1. The highest BCUT2D eigenvalue weighted by Gasteiger charge is 2.04. The molecule has 0 saturated carbocycles. The summed E-state index contributed by atoms with van der Waals surface area (Å²) in [6.45, 7) is 3.42. The van der Waals surface area contributed by atoms with Crippen LogP contribution in [0.25, 0.3) is 0 Å². The molecule has 0 aliphatic carbocycles. The van der Waals surface area contributed by atoms with E-state index in [1.807, 2.05) is 37.4 Å². The maximum Gasteiger partial charge on any atom is 0.138 e. The molecule has 3 heteroatoms. The summed E-state index contributed by atoms with van der Waals surface area (Å²) in [5.74, 6) is 0.727. The number of aryl methyl sites for hydroxylation is 1. The van der Waals surface area contributed by atoms with Crippen molar-refractivity contribution in [2.24, 2.45) is 0 Å². The molecule has 0 aliphatic rings. The van der Waals surface area contributed by atoms with Crippen molar-refractivity contribution in [1.82, 2.24) is 5.32 Å². The van der Waals surface area contributed by atoms with Crippen LogP contribution in [0.3, 0.4) is 0 Å². The lowest BCUT2D eigenvalue weighted by Crippen LogP contribution is -2.05. The number of hydrogen-bond donors (Lipinski definition) is 1. The monoisotopic (exact) mass is 275 g/mol. The van der Waals surface area contributed by atoms with Crippen molar-refractivity contribution in [2.45, 2.75) is 20.1 Å². The van der Waals surface area contributed by atoms with Crippen molar-refractivity contribution in [3.8, 4) is 5.75 Å². The smallest absolute Gasteiger partial charge is 0.138 e. The minimum atomic E-state index is 0.539. The molecule has 0 saturated heterocycles. The molecule has 0 aromatic heterocycles. The Morgan fingerprint density at radius 2 is 1.95 bits per heavy atom. The van der Waals surface area contributed by atoms with Crippen LogP contribution in [0.4, 0.5) is 0 Å². The second-order valence-corrected chi connectivity index (χ2v) is 4.92. The highest BCUT2D eigenvalue weighted by Crippen LogP contribution is 2.26. The Morgan fingerprint density at radius 3 is 2.63 bits per heavy atom. The SMILES string of the molecule is CNCc1ccc(OCc2ccccc2C)c(Cl)c1. The normalized spacial score (nSPS) is 10.5. The lowest BCUT2D eigenvalue weighted by atomic mass is 10.1. The topological polar surface area (TPSA) is 21.3 Å². The van der Waals surface area contributed by atoms with E-state index in [2.05, 4.69) is 24.4 Å². The van der Waals surface area contributed by atoms with Crippen molar-refractivity contribution in [3.05, 3.63) is 64.2 Å². The average molecular weight is 276 g/mol. The zero-order valence-corrected chi connectivity index (χ0v) is 12.0. The van der Waals surface area contributed by atoms with Crippen LogP contribution < -0.4 is 10.1 Å². The molecule has 0 spiro atoms. The molecule has 0 heterocycles. The van der Waals surface area contributed by atoms with Crippen LogP contribution in [-0.4, -0.2) is 7.05 Å². The van der Waals surface area contributed by atoms with Crippen molar-refractivity contribution in [2.75, 3.05) is 7.05 Å². The van der Waals surface area contributed by atoms with E-state index in [0.717, 1.165) is 17.9 Å². The molecule has 2 rings (SSSR count). The molecule has 2 aromatic carbocycles. The van der Waals surface area contributed by atoms with Gasteiger partial charge in [0.15, 0.2) is 0 Å². The van der Waals surface area contributed by atoms with Crippen molar-refractivity contribution in [1.29, 1.82) is 0 Å². The summed E-state index contributed by atoms with van der Waals surface area (Å²) < 4.78 is 5.78. The maximum atomic E-state index is 6.22. The van der Waals surface area contributed by atoms with Crippen LogP contribution in [0.1, 0.15) is 16.7 Å². The molecule has 0 fully saturated rings. The van der Waals surface area contributed by atoms with Gasteiger partial charge in [-0.3, -0.25) is 0 Å². The quantitative estimate of drug-likeness (QED) is 0.892. The molecule has 0 bridgehead atoms. The second-order valence-electron chi connectivity index (χ2n) is 4.51. The van der Waals surface area contributed by atoms with E-state index in [0.29, 0.717) is 11.6 Å². The molecular weight excluding hydrogens is 258 g/mol. The molecular formula is C16H18ClNO. The Kier molecular flexibility index (Phi) is 4.83. The molecule has 0 amide bonds. The first-order chi connectivity index (χ1) is 9.20. The van der Waals surface area contributed by atoms with E-state index in [1.54, 1.807) is 0 Å². The molecule has 2 nitrogen and oxygen atoms in total. The van der Waals surface area contributed by atoms with E-state index in [9.17, 15) is 0 Å². The number of hydrogen-bond acceptors (Lipinski definition) is 2. The van der Waals surface area contributed by atoms with Gasteiger partial charge in [0.2, 0.25) is 0 Å². The molecule has 100 valence electrons. The first-order valence-electron chi connectivity index (χ1n) is 6.31. The number of benzene rings is 2. The fourth-order valence-corrected chi connectivity index (χ4v) is 2.16. The summed E-state index contributed by atoms with van der Waals surface area (Å²) in [4.78, 5) is 0. The van der Waals surface area contributed by atoms with Gasteiger partial charge >= 0.3 is 0 Å². The Bertz CT molecular complexity index is 554. The number of halogens is 1. The van der Waals surface area contributed by atoms with Gasteiger partial charge in [0, 0.05) is 6.54 Å². The maximum absolute atomic E-state index is 6.22. The molecule has 2 aromatic rings. The molecule has 1 N–H and O–H groups in total.